The molecule has 0 saturated carbocycles. The molecule has 0 bridgehead atoms. The number of hydrogen-bond acceptors (Lipinski definition) is 6. The molecule has 2 heterocycles. The average molecular weight is 294 g/mol. The Morgan fingerprint density at radius 1 is 0.857 bits per heavy atom. The zero-order valence-electron chi connectivity index (χ0n) is 12.0. The van der Waals surface area contributed by atoms with Gasteiger partial charge in [-0.1, -0.05) is 0 Å². The first kappa shape index (κ1) is 14.6. The smallest absolute Gasteiger partial charge is 0.258 e. The summed E-state index contributed by atoms with van der Waals surface area (Å²) in [6, 6.07) is 0. The van der Waals surface area contributed by atoms with Crippen LogP contribution in [0.15, 0.2) is 0 Å². The number of hydrogen-bond donors (Lipinski definition) is 0. The fraction of sp³-hybridized carbons (Fsp3) is 0.455. The van der Waals surface area contributed by atoms with Gasteiger partial charge in [0.25, 0.3) is 0 Å². The van der Waals surface area contributed by atoms with Gasteiger partial charge in [-0.2, -0.15) is 10.2 Å². The van der Waals surface area contributed by atoms with E-state index in [9.17, 15) is 20.2 Å². The zero-order valence-corrected chi connectivity index (χ0v) is 12.0. The molecule has 0 radical (unpaired) electrons. The summed E-state index contributed by atoms with van der Waals surface area (Å²) in [6.07, 6.45) is 0. The van der Waals surface area contributed by atoms with Crippen molar-refractivity contribution in [3.05, 3.63) is 43.0 Å². The molecule has 112 valence electrons. The molecule has 10 heteroatoms. The first-order valence-electron chi connectivity index (χ1n) is 6.10. The molecule has 0 saturated heterocycles. The summed E-state index contributed by atoms with van der Waals surface area (Å²) < 4.78 is 2.83. The van der Waals surface area contributed by atoms with Crippen molar-refractivity contribution in [3.8, 4) is 0 Å². The lowest BCUT2D eigenvalue weighted by Gasteiger charge is -2.05. The van der Waals surface area contributed by atoms with E-state index < -0.39 is 9.85 Å². The largest absolute Gasteiger partial charge is 0.312 e. The third kappa shape index (κ3) is 2.35. The van der Waals surface area contributed by atoms with Crippen molar-refractivity contribution < 1.29 is 9.85 Å². The molecule has 0 fully saturated rings. The summed E-state index contributed by atoms with van der Waals surface area (Å²) in [5.74, 6) is 0. The van der Waals surface area contributed by atoms with Crippen LogP contribution in [0.2, 0.25) is 0 Å². The molecule has 10 nitrogen and oxygen atoms in total. The molecule has 0 atom stereocenters. The predicted molar refractivity (Wildman–Crippen MR) is 72.1 cm³/mol. The minimum atomic E-state index is -0.488. The van der Waals surface area contributed by atoms with Crippen LogP contribution in [-0.2, 0) is 6.67 Å². The highest BCUT2D eigenvalue weighted by atomic mass is 16.6. The monoisotopic (exact) mass is 294 g/mol. The SMILES string of the molecule is Cc1nn(Cn2nc(C)c([N+](=O)[O-])c2C)c(C)c1[N+](=O)[O-]. The molecule has 0 aliphatic heterocycles. The summed E-state index contributed by atoms with van der Waals surface area (Å²) >= 11 is 0. The molecule has 2 rings (SSSR count). The maximum absolute atomic E-state index is 11.0. The third-order valence-corrected chi connectivity index (χ3v) is 3.32. The fourth-order valence-electron chi connectivity index (χ4n) is 2.31. The van der Waals surface area contributed by atoms with Crippen LogP contribution in [0.4, 0.5) is 11.4 Å². The van der Waals surface area contributed by atoms with E-state index in [1.54, 1.807) is 27.7 Å². The van der Waals surface area contributed by atoms with Gasteiger partial charge in [0.15, 0.2) is 0 Å². The topological polar surface area (TPSA) is 122 Å². The zero-order chi connectivity index (χ0) is 15.9. The molecule has 2 aromatic heterocycles. The van der Waals surface area contributed by atoms with Gasteiger partial charge in [0.1, 0.15) is 29.4 Å². The van der Waals surface area contributed by atoms with E-state index in [1.165, 1.54) is 9.36 Å². The van der Waals surface area contributed by atoms with E-state index >= 15 is 0 Å². The molecule has 0 aliphatic carbocycles. The van der Waals surface area contributed by atoms with E-state index in [2.05, 4.69) is 10.2 Å². The van der Waals surface area contributed by atoms with Gasteiger partial charge in [0, 0.05) is 0 Å². The first-order chi connectivity index (χ1) is 9.73. The predicted octanol–water partition coefficient (Wildman–Crippen LogP) is 1.64. The Morgan fingerprint density at radius 3 is 1.43 bits per heavy atom. The van der Waals surface area contributed by atoms with Gasteiger partial charge in [-0.3, -0.25) is 20.2 Å². The molecule has 0 unspecified atom stereocenters. The van der Waals surface area contributed by atoms with E-state index in [1.807, 2.05) is 0 Å². The highest BCUT2D eigenvalue weighted by Crippen LogP contribution is 2.24. The van der Waals surface area contributed by atoms with Crippen LogP contribution in [0, 0.1) is 47.9 Å². The summed E-state index contributed by atoms with van der Waals surface area (Å²) in [4.78, 5) is 21.0. The van der Waals surface area contributed by atoms with Crippen LogP contribution in [0.3, 0.4) is 0 Å². The second-order valence-electron chi connectivity index (χ2n) is 4.69. The maximum atomic E-state index is 11.0. The van der Waals surface area contributed by atoms with E-state index in [-0.39, 0.29) is 18.0 Å². The summed E-state index contributed by atoms with van der Waals surface area (Å²) in [7, 11) is 0. The minimum Gasteiger partial charge on any atom is -0.258 e. The third-order valence-electron chi connectivity index (χ3n) is 3.32. The van der Waals surface area contributed by atoms with Gasteiger partial charge < -0.3 is 0 Å². The van der Waals surface area contributed by atoms with Crippen molar-refractivity contribution >= 4 is 11.4 Å². The van der Waals surface area contributed by atoms with Crippen molar-refractivity contribution in [1.29, 1.82) is 0 Å². The molecule has 0 N–H and O–H groups in total. The minimum absolute atomic E-state index is 0.0500. The van der Waals surface area contributed by atoms with Crippen LogP contribution in [0.5, 0.6) is 0 Å². The van der Waals surface area contributed by atoms with Gasteiger partial charge in [-0.25, -0.2) is 9.36 Å². The van der Waals surface area contributed by atoms with Gasteiger partial charge >= 0.3 is 11.4 Å². The Morgan fingerprint density at radius 2 is 1.19 bits per heavy atom. The molecule has 0 aromatic carbocycles. The van der Waals surface area contributed by atoms with Crippen molar-refractivity contribution in [1.82, 2.24) is 19.6 Å². The Hall–Kier alpha value is -2.78. The van der Waals surface area contributed by atoms with Crippen LogP contribution >= 0.6 is 0 Å². The highest BCUT2D eigenvalue weighted by Gasteiger charge is 2.25. The molecular formula is C11H14N6O4. The Bertz CT molecular complexity index is 682. The lowest BCUT2D eigenvalue weighted by atomic mass is 10.3. The molecule has 0 amide bonds. The normalized spacial score (nSPS) is 10.9. The van der Waals surface area contributed by atoms with Gasteiger partial charge in [0.2, 0.25) is 0 Å². The highest BCUT2D eigenvalue weighted by molar-refractivity contribution is 5.41. The van der Waals surface area contributed by atoms with E-state index in [4.69, 9.17) is 0 Å². The van der Waals surface area contributed by atoms with Gasteiger partial charge in [-0.15, -0.1) is 0 Å². The second kappa shape index (κ2) is 4.96. The lowest BCUT2D eigenvalue weighted by molar-refractivity contribution is -0.386. The first-order valence-corrected chi connectivity index (χ1v) is 6.10. The van der Waals surface area contributed by atoms with Crippen LogP contribution in [-0.4, -0.2) is 29.4 Å². The second-order valence-corrected chi connectivity index (χ2v) is 4.69. The number of rotatable bonds is 4. The number of aryl methyl sites for hydroxylation is 2. The number of aromatic nitrogens is 4. The maximum Gasteiger partial charge on any atom is 0.312 e. The molecule has 21 heavy (non-hydrogen) atoms. The number of nitrogens with zero attached hydrogens (tertiary/aromatic N) is 6. The quantitative estimate of drug-likeness (QED) is 0.624. The van der Waals surface area contributed by atoms with Gasteiger partial charge in [-0.05, 0) is 27.7 Å². The summed E-state index contributed by atoms with van der Waals surface area (Å²) in [6.45, 7) is 6.34. The van der Waals surface area contributed by atoms with Gasteiger partial charge in [0.05, 0.1) is 9.85 Å². The summed E-state index contributed by atoms with van der Waals surface area (Å²) in [5, 5.41) is 30.1. The Balaban J connectivity index is 2.45. The van der Waals surface area contributed by atoms with Crippen molar-refractivity contribution in [2.45, 2.75) is 34.4 Å². The fourth-order valence-corrected chi connectivity index (χ4v) is 2.31. The summed E-state index contributed by atoms with van der Waals surface area (Å²) in [5.41, 5.74) is 1.26. The van der Waals surface area contributed by atoms with Crippen molar-refractivity contribution in [2.75, 3.05) is 0 Å². The average Bonchev–Trinajstić information content (AvgIpc) is 2.77. The molecule has 2 aromatic rings. The van der Waals surface area contributed by atoms with E-state index in [0.717, 1.165) is 0 Å². The molecular weight excluding hydrogens is 280 g/mol. The lowest BCUT2D eigenvalue weighted by Crippen LogP contribution is -2.14. The van der Waals surface area contributed by atoms with Crippen LogP contribution in [0.25, 0.3) is 0 Å². The Kier molecular flexibility index (Phi) is 3.45. The standard InChI is InChI=1S/C11H14N6O4/c1-6-10(16(18)19)8(3)14(12-6)5-15-9(4)11(17(20)21)7(2)13-15/h5H2,1-4H3. The van der Waals surface area contributed by atoms with Crippen molar-refractivity contribution in [3.63, 3.8) is 0 Å². The van der Waals surface area contributed by atoms with Crippen molar-refractivity contribution in [2.24, 2.45) is 0 Å². The molecule has 0 spiro atoms. The molecule has 0 aliphatic rings. The van der Waals surface area contributed by atoms with E-state index in [0.29, 0.717) is 22.8 Å². The van der Waals surface area contributed by atoms with Crippen LogP contribution in [0.1, 0.15) is 22.8 Å². The number of nitro groups is 2. The Labute approximate surface area is 119 Å². The van der Waals surface area contributed by atoms with Crippen LogP contribution < -0.4 is 0 Å².